The normalized spacial score (nSPS) is 11.9. The fourth-order valence-corrected chi connectivity index (χ4v) is 2.58. The number of hydrogen-bond donors (Lipinski definition) is 3. The van der Waals surface area contributed by atoms with E-state index in [1.807, 2.05) is 30.3 Å². The topological polar surface area (TPSA) is 95.3 Å². The molecule has 2 aromatic heterocycles. The number of amides is 1. The second kappa shape index (κ2) is 7.19. The van der Waals surface area contributed by atoms with Crippen LogP contribution in [0.1, 0.15) is 27.9 Å². The van der Waals surface area contributed by atoms with Crippen molar-refractivity contribution in [1.82, 2.24) is 10.3 Å². The second-order valence-corrected chi connectivity index (χ2v) is 5.66. The molecule has 3 aromatic rings. The van der Waals surface area contributed by atoms with Crippen LogP contribution >= 0.6 is 0 Å². The fourth-order valence-electron chi connectivity index (χ4n) is 2.58. The van der Waals surface area contributed by atoms with E-state index in [0.29, 0.717) is 11.5 Å². The van der Waals surface area contributed by atoms with Gasteiger partial charge in [-0.15, -0.1) is 0 Å². The molecule has 0 aliphatic heterocycles. The first-order valence-corrected chi connectivity index (χ1v) is 7.85. The average molecular weight is 338 g/mol. The van der Waals surface area contributed by atoms with E-state index < -0.39 is 17.6 Å². The molecule has 0 saturated heterocycles. The van der Waals surface area contributed by atoms with E-state index in [9.17, 15) is 14.7 Å². The molecule has 1 aromatic carbocycles. The van der Waals surface area contributed by atoms with Crippen molar-refractivity contribution >= 4 is 5.91 Å². The van der Waals surface area contributed by atoms with Crippen LogP contribution in [0.25, 0.3) is 11.1 Å². The Morgan fingerprint density at radius 3 is 2.68 bits per heavy atom. The number of rotatable bonds is 5. The number of nitrogens with one attached hydrogen (secondary N) is 2. The summed E-state index contributed by atoms with van der Waals surface area (Å²) in [6.45, 7) is 1.73. The van der Waals surface area contributed by atoms with Gasteiger partial charge >= 0.3 is 0 Å². The van der Waals surface area contributed by atoms with Crippen molar-refractivity contribution < 1.29 is 14.3 Å². The maximum Gasteiger partial charge on any atom is 0.261 e. The maximum absolute atomic E-state index is 12.4. The minimum absolute atomic E-state index is 0.00361. The summed E-state index contributed by atoms with van der Waals surface area (Å²) in [6.07, 6.45) is 0.467. The third-order valence-corrected chi connectivity index (χ3v) is 3.90. The van der Waals surface area contributed by atoms with Gasteiger partial charge in [-0.05, 0) is 30.7 Å². The molecule has 0 fully saturated rings. The third-order valence-electron chi connectivity index (χ3n) is 3.90. The van der Waals surface area contributed by atoms with Crippen LogP contribution in [0.4, 0.5) is 0 Å². The van der Waals surface area contributed by atoms with Gasteiger partial charge in [0.1, 0.15) is 17.4 Å². The summed E-state index contributed by atoms with van der Waals surface area (Å²) in [5, 5.41) is 12.5. The van der Waals surface area contributed by atoms with E-state index in [2.05, 4.69) is 10.3 Å². The van der Waals surface area contributed by atoms with Gasteiger partial charge in [-0.25, -0.2) is 0 Å². The highest BCUT2D eigenvalue weighted by atomic mass is 16.4. The maximum atomic E-state index is 12.4. The van der Waals surface area contributed by atoms with E-state index in [1.165, 1.54) is 6.26 Å². The molecule has 2 heterocycles. The summed E-state index contributed by atoms with van der Waals surface area (Å²) in [5.74, 6) is -0.202. The van der Waals surface area contributed by atoms with Crippen molar-refractivity contribution in [1.29, 1.82) is 0 Å². The molecule has 25 heavy (non-hydrogen) atoms. The monoisotopic (exact) mass is 338 g/mol. The smallest absolute Gasteiger partial charge is 0.261 e. The molecule has 0 saturated carbocycles. The Bertz CT molecular complexity index is 914. The van der Waals surface area contributed by atoms with Crippen LogP contribution in [-0.4, -0.2) is 22.5 Å². The first-order valence-electron chi connectivity index (χ1n) is 7.85. The predicted molar refractivity (Wildman–Crippen MR) is 93.2 cm³/mol. The molecule has 0 bridgehead atoms. The summed E-state index contributed by atoms with van der Waals surface area (Å²) < 4.78 is 5.08. The number of aliphatic hydroxyl groups is 1. The molecular formula is C19H18N2O4. The lowest BCUT2D eigenvalue weighted by Crippen LogP contribution is -2.32. The van der Waals surface area contributed by atoms with Crippen LogP contribution in [0.2, 0.25) is 0 Å². The second-order valence-electron chi connectivity index (χ2n) is 5.66. The van der Waals surface area contributed by atoms with Crippen LogP contribution in [-0.2, 0) is 0 Å². The number of furan rings is 1. The molecule has 1 atom stereocenters. The van der Waals surface area contributed by atoms with Gasteiger partial charge in [0, 0.05) is 11.3 Å². The van der Waals surface area contributed by atoms with Gasteiger partial charge in [0.2, 0.25) is 0 Å². The zero-order valence-electron chi connectivity index (χ0n) is 13.7. The lowest BCUT2D eigenvalue weighted by atomic mass is 10.0. The number of aromatic nitrogens is 1. The van der Waals surface area contributed by atoms with Crippen LogP contribution < -0.4 is 10.9 Å². The summed E-state index contributed by atoms with van der Waals surface area (Å²) in [6, 6.07) is 14.3. The molecule has 0 aliphatic rings. The first kappa shape index (κ1) is 16.7. The van der Waals surface area contributed by atoms with Gasteiger partial charge in [0.05, 0.1) is 12.8 Å². The first-order chi connectivity index (χ1) is 12.1. The zero-order chi connectivity index (χ0) is 17.8. The van der Waals surface area contributed by atoms with Gasteiger partial charge in [0.25, 0.3) is 11.5 Å². The third kappa shape index (κ3) is 3.70. The highest BCUT2D eigenvalue weighted by Gasteiger charge is 2.17. The lowest BCUT2D eigenvalue weighted by molar-refractivity contribution is 0.0899. The van der Waals surface area contributed by atoms with Crippen molar-refractivity contribution in [3.05, 3.63) is 82.2 Å². The van der Waals surface area contributed by atoms with Gasteiger partial charge in [-0.3, -0.25) is 9.59 Å². The molecule has 3 rings (SSSR count). The minimum Gasteiger partial charge on any atom is -0.467 e. The predicted octanol–water partition coefficient (Wildman–Crippen LogP) is 2.41. The summed E-state index contributed by atoms with van der Waals surface area (Å²) >= 11 is 0. The number of aryl methyl sites for hydroxylation is 1. The Hall–Kier alpha value is -3.12. The number of hydrogen-bond acceptors (Lipinski definition) is 4. The number of pyridine rings is 1. The molecular weight excluding hydrogens is 320 g/mol. The van der Waals surface area contributed by atoms with E-state index in [0.717, 1.165) is 11.1 Å². The SMILES string of the molecule is Cc1[nH]c(=O)c(C(=O)NCC(O)c2ccco2)cc1-c1ccccc1. The molecule has 128 valence electrons. The molecule has 6 heteroatoms. The molecule has 1 unspecified atom stereocenters. The van der Waals surface area contributed by atoms with E-state index in [4.69, 9.17) is 4.42 Å². The number of H-pyrrole nitrogens is 1. The highest BCUT2D eigenvalue weighted by Crippen LogP contribution is 2.21. The molecule has 3 N–H and O–H groups in total. The number of aliphatic hydroxyl groups excluding tert-OH is 1. The lowest BCUT2D eigenvalue weighted by Gasteiger charge is -2.11. The molecule has 0 aliphatic carbocycles. The largest absolute Gasteiger partial charge is 0.467 e. The van der Waals surface area contributed by atoms with Crippen molar-refractivity contribution in [2.24, 2.45) is 0 Å². The van der Waals surface area contributed by atoms with Crippen molar-refractivity contribution in [3.8, 4) is 11.1 Å². The molecule has 6 nitrogen and oxygen atoms in total. The van der Waals surface area contributed by atoms with Crippen molar-refractivity contribution in [2.45, 2.75) is 13.0 Å². The van der Waals surface area contributed by atoms with E-state index in [1.54, 1.807) is 25.1 Å². The Labute approximate surface area is 144 Å². The Kier molecular flexibility index (Phi) is 4.81. The Morgan fingerprint density at radius 2 is 2.00 bits per heavy atom. The minimum atomic E-state index is -0.975. The molecule has 0 spiro atoms. The van der Waals surface area contributed by atoms with Crippen molar-refractivity contribution in [3.63, 3.8) is 0 Å². The summed E-state index contributed by atoms with van der Waals surface area (Å²) in [4.78, 5) is 27.2. The molecule has 0 radical (unpaired) electrons. The van der Waals surface area contributed by atoms with Crippen LogP contribution in [0, 0.1) is 6.92 Å². The van der Waals surface area contributed by atoms with Gasteiger partial charge < -0.3 is 19.8 Å². The van der Waals surface area contributed by atoms with Crippen molar-refractivity contribution in [2.75, 3.05) is 6.54 Å². The molecule has 1 amide bonds. The van der Waals surface area contributed by atoms with Gasteiger partial charge in [-0.1, -0.05) is 30.3 Å². The highest BCUT2D eigenvalue weighted by molar-refractivity contribution is 5.95. The average Bonchev–Trinajstić information content (AvgIpc) is 3.15. The van der Waals surface area contributed by atoms with Gasteiger partial charge in [-0.2, -0.15) is 0 Å². The number of aromatic amines is 1. The fraction of sp³-hybridized carbons (Fsp3) is 0.158. The quantitative estimate of drug-likeness (QED) is 0.666. The van der Waals surface area contributed by atoms with Crippen LogP contribution in [0.15, 0.2) is 64.0 Å². The standard InChI is InChI=1S/C19H18N2O4/c1-12-14(13-6-3-2-4-7-13)10-15(19(24)21-12)18(23)20-11-16(22)17-8-5-9-25-17/h2-10,16,22H,11H2,1H3,(H,20,23)(H,21,24). The summed E-state index contributed by atoms with van der Waals surface area (Å²) in [5.41, 5.74) is 1.89. The van der Waals surface area contributed by atoms with E-state index >= 15 is 0 Å². The Morgan fingerprint density at radius 1 is 1.24 bits per heavy atom. The number of benzene rings is 1. The Balaban J connectivity index is 1.82. The number of carbonyl (C=O) groups excluding carboxylic acids is 1. The van der Waals surface area contributed by atoms with Gasteiger partial charge in [0.15, 0.2) is 0 Å². The zero-order valence-corrected chi connectivity index (χ0v) is 13.7. The van der Waals surface area contributed by atoms with E-state index in [-0.39, 0.29) is 12.1 Å². The number of carbonyl (C=O) groups is 1. The van der Waals surface area contributed by atoms with Crippen LogP contribution in [0.3, 0.4) is 0 Å². The van der Waals surface area contributed by atoms with Crippen LogP contribution in [0.5, 0.6) is 0 Å². The summed E-state index contributed by atoms with van der Waals surface area (Å²) in [7, 11) is 0.